The van der Waals surface area contributed by atoms with Crippen molar-refractivity contribution in [2.24, 2.45) is 11.8 Å². The molecule has 1 fully saturated rings. The molecule has 0 spiro atoms. The van der Waals surface area contributed by atoms with Gasteiger partial charge in [0.25, 0.3) is 0 Å². The fourth-order valence-electron chi connectivity index (χ4n) is 3.28. The largest absolute Gasteiger partial charge is 0.308 e. The molecule has 108 valence electrons. The van der Waals surface area contributed by atoms with Crippen LogP contribution in [-0.2, 0) is 0 Å². The lowest BCUT2D eigenvalue weighted by Gasteiger charge is -2.27. The third-order valence-electron chi connectivity index (χ3n) is 4.39. The van der Waals surface area contributed by atoms with Gasteiger partial charge in [0.05, 0.1) is 5.39 Å². The number of nitrogens with two attached hydrogens (primary N) is 1. The van der Waals surface area contributed by atoms with Crippen molar-refractivity contribution in [3.05, 3.63) is 17.3 Å². The number of rotatable bonds is 4. The Morgan fingerprint density at radius 2 is 2.10 bits per heavy atom. The van der Waals surface area contributed by atoms with E-state index in [4.69, 9.17) is 10.8 Å². The summed E-state index contributed by atoms with van der Waals surface area (Å²) in [5, 5.41) is 3.07. The van der Waals surface area contributed by atoms with E-state index in [1.165, 1.54) is 38.5 Å². The molecule has 0 unspecified atom stereocenters. The van der Waals surface area contributed by atoms with Gasteiger partial charge in [0.2, 0.25) is 0 Å². The molecule has 0 aromatic carbocycles. The van der Waals surface area contributed by atoms with Crippen molar-refractivity contribution in [3.8, 4) is 0 Å². The van der Waals surface area contributed by atoms with Gasteiger partial charge in [-0.2, -0.15) is 0 Å². The highest BCUT2D eigenvalue weighted by Gasteiger charge is 2.24. The van der Waals surface area contributed by atoms with Crippen LogP contribution >= 0.6 is 11.3 Å². The van der Waals surface area contributed by atoms with Gasteiger partial charge < -0.3 is 5.43 Å². The monoisotopic (exact) mass is 290 g/mol. The summed E-state index contributed by atoms with van der Waals surface area (Å²) in [5.41, 5.74) is 2.72. The van der Waals surface area contributed by atoms with Crippen LogP contribution in [0.3, 0.4) is 0 Å². The van der Waals surface area contributed by atoms with E-state index in [-0.39, 0.29) is 0 Å². The number of aromatic nitrogens is 2. The van der Waals surface area contributed by atoms with E-state index in [9.17, 15) is 0 Å². The Balaban J connectivity index is 1.80. The maximum atomic E-state index is 5.60. The second-order valence-corrected chi connectivity index (χ2v) is 6.62. The average Bonchev–Trinajstić information content (AvgIpc) is 2.95. The predicted molar refractivity (Wildman–Crippen MR) is 84.8 cm³/mol. The molecule has 4 nitrogen and oxygen atoms in total. The first-order valence-corrected chi connectivity index (χ1v) is 8.41. The van der Waals surface area contributed by atoms with Crippen molar-refractivity contribution in [3.63, 3.8) is 0 Å². The number of hydrogen-bond acceptors (Lipinski definition) is 5. The van der Waals surface area contributed by atoms with Crippen molar-refractivity contribution in [1.29, 1.82) is 0 Å². The topological polar surface area (TPSA) is 63.8 Å². The number of hydrazine groups is 1. The summed E-state index contributed by atoms with van der Waals surface area (Å²) in [7, 11) is 0. The first kappa shape index (κ1) is 13.8. The Morgan fingerprint density at radius 1 is 1.30 bits per heavy atom. The predicted octanol–water partition coefficient (Wildman–Crippen LogP) is 4.05. The Hall–Kier alpha value is -1.20. The van der Waals surface area contributed by atoms with Crippen molar-refractivity contribution >= 4 is 27.4 Å². The first-order chi connectivity index (χ1) is 9.81. The Kier molecular flexibility index (Phi) is 4.17. The lowest BCUT2D eigenvalue weighted by atomic mass is 9.80. The molecule has 0 saturated heterocycles. The van der Waals surface area contributed by atoms with Crippen LogP contribution < -0.4 is 11.3 Å². The van der Waals surface area contributed by atoms with Gasteiger partial charge in [0.15, 0.2) is 5.82 Å². The third-order valence-corrected chi connectivity index (χ3v) is 5.19. The summed E-state index contributed by atoms with van der Waals surface area (Å²) in [6.07, 6.45) is 7.73. The lowest BCUT2D eigenvalue weighted by molar-refractivity contribution is 0.303. The molecule has 0 aliphatic heterocycles. The lowest BCUT2D eigenvalue weighted by Crippen LogP contribution is -2.17. The van der Waals surface area contributed by atoms with E-state index in [2.05, 4.69) is 17.3 Å². The van der Waals surface area contributed by atoms with Crippen LogP contribution in [0.2, 0.25) is 0 Å². The summed E-state index contributed by atoms with van der Waals surface area (Å²) in [6.45, 7) is 2.28. The number of thiophene rings is 1. The molecule has 20 heavy (non-hydrogen) atoms. The van der Waals surface area contributed by atoms with Crippen molar-refractivity contribution in [1.82, 2.24) is 9.97 Å². The molecule has 2 aromatic rings. The molecular formula is C15H22N4S. The minimum Gasteiger partial charge on any atom is -0.308 e. The Morgan fingerprint density at radius 3 is 2.80 bits per heavy atom. The summed E-state index contributed by atoms with van der Waals surface area (Å²) in [6, 6.07) is 2.02. The first-order valence-electron chi connectivity index (χ1n) is 7.53. The second kappa shape index (κ2) is 6.06. The van der Waals surface area contributed by atoms with Crippen molar-refractivity contribution in [2.45, 2.75) is 51.4 Å². The van der Waals surface area contributed by atoms with Crippen LogP contribution in [0.15, 0.2) is 11.4 Å². The van der Waals surface area contributed by atoms with E-state index in [0.29, 0.717) is 5.92 Å². The minimum absolute atomic E-state index is 0.502. The molecule has 0 amide bonds. The number of hydrogen-bond donors (Lipinski definition) is 2. The van der Waals surface area contributed by atoms with E-state index >= 15 is 0 Å². The van der Waals surface area contributed by atoms with E-state index < -0.39 is 0 Å². The van der Waals surface area contributed by atoms with Crippen LogP contribution in [0, 0.1) is 5.92 Å². The maximum absolute atomic E-state index is 5.60. The summed E-state index contributed by atoms with van der Waals surface area (Å²) in [5.74, 6) is 8.75. The molecule has 2 heterocycles. The van der Waals surface area contributed by atoms with Gasteiger partial charge in [0.1, 0.15) is 10.7 Å². The molecule has 1 saturated carbocycles. The second-order valence-electron chi connectivity index (χ2n) is 5.72. The zero-order valence-corrected chi connectivity index (χ0v) is 12.7. The zero-order valence-electron chi connectivity index (χ0n) is 11.9. The van der Waals surface area contributed by atoms with E-state index in [0.717, 1.165) is 27.8 Å². The minimum atomic E-state index is 0.502. The molecule has 3 rings (SSSR count). The summed E-state index contributed by atoms with van der Waals surface area (Å²) >= 11 is 1.66. The summed E-state index contributed by atoms with van der Waals surface area (Å²) < 4.78 is 0. The highest BCUT2D eigenvalue weighted by Crippen LogP contribution is 2.37. The molecule has 2 aromatic heterocycles. The van der Waals surface area contributed by atoms with Gasteiger partial charge in [-0.05, 0) is 43.0 Å². The fourth-order valence-corrected chi connectivity index (χ4v) is 4.05. The van der Waals surface area contributed by atoms with Crippen LogP contribution in [-0.4, -0.2) is 9.97 Å². The van der Waals surface area contributed by atoms with Gasteiger partial charge in [-0.1, -0.05) is 19.8 Å². The zero-order chi connectivity index (χ0) is 13.9. The number of nitrogens with one attached hydrogen (secondary N) is 1. The van der Waals surface area contributed by atoms with Crippen molar-refractivity contribution < 1.29 is 0 Å². The average molecular weight is 290 g/mol. The van der Waals surface area contributed by atoms with Gasteiger partial charge in [-0.25, -0.2) is 15.8 Å². The molecular weight excluding hydrogens is 268 g/mol. The van der Waals surface area contributed by atoms with Gasteiger partial charge >= 0.3 is 0 Å². The third kappa shape index (κ3) is 2.65. The van der Waals surface area contributed by atoms with E-state index in [1.54, 1.807) is 11.3 Å². The van der Waals surface area contributed by atoms with Crippen LogP contribution in [0.4, 0.5) is 5.82 Å². The van der Waals surface area contributed by atoms with Crippen LogP contribution in [0.1, 0.15) is 57.2 Å². The van der Waals surface area contributed by atoms with Gasteiger partial charge in [-0.15, -0.1) is 11.3 Å². The Labute approximate surface area is 123 Å². The van der Waals surface area contributed by atoms with Crippen LogP contribution in [0.25, 0.3) is 10.2 Å². The van der Waals surface area contributed by atoms with E-state index in [1.807, 2.05) is 11.4 Å². The number of fused-ring (bicyclic) bond motifs is 1. The molecule has 1 aliphatic carbocycles. The fraction of sp³-hybridized carbons (Fsp3) is 0.600. The van der Waals surface area contributed by atoms with Gasteiger partial charge in [0, 0.05) is 5.92 Å². The smallest absolute Gasteiger partial charge is 0.152 e. The molecule has 0 atom stereocenters. The highest BCUT2D eigenvalue weighted by atomic mass is 32.1. The Bertz CT molecular complexity index is 572. The number of nitrogens with zero attached hydrogens (tertiary/aromatic N) is 2. The standard InChI is InChI=1S/C15H22N4S/c1-2-3-10-4-6-11(7-5-10)13-17-14(19-16)12-8-9-20-15(12)18-13/h8-11H,2-7,16H2,1H3,(H,17,18,19). The molecule has 3 N–H and O–H groups in total. The molecule has 0 bridgehead atoms. The number of anilines is 1. The van der Waals surface area contributed by atoms with Gasteiger partial charge in [-0.3, -0.25) is 0 Å². The normalized spacial score (nSPS) is 23.1. The molecule has 1 aliphatic rings. The quantitative estimate of drug-likeness (QED) is 0.658. The highest BCUT2D eigenvalue weighted by molar-refractivity contribution is 7.16. The number of nitrogen functional groups attached to an aromatic ring is 1. The maximum Gasteiger partial charge on any atom is 0.152 e. The summed E-state index contributed by atoms with van der Waals surface area (Å²) in [4.78, 5) is 10.4. The SMILES string of the molecule is CCCC1CCC(c2nc(NN)c3ccsc3n2)CC1. The van der Waals surface area contributed by atoms with Crippen LogP contribution in [0.5, 0.6) is 0 Å². The molecule has 5 heteroatoms. The molecule has 0 radical (unpaired) electrons. The van der Waals surface area contributed by atoms with Crippen molar-refractivity contribution in [2.75, 3.05) is 5.43 Å².